The van der Waals surface area contributed by atoms with Crippen molar-refractivity contribution < 1.29 is 19.4 Å². The molecule has 0 aliphatic carbocycles. The number of nitrogens with two attached hydrogens (primary N) is 1. The second-order valence-corrected chi connectivity index (χ2v) is 6.48. The molecule has 130 valence electrons. The van der Waals surface area contributed by atoms with E-state index in [1.54, 1.807) is 18.2 Å². The minimum absolute atomic E-state index is 0.0853. The molecule has 0 aromatic heterocycles. The average molecular weight is 333 g/mol. The van der Waals surface area contributed by atoms with E-state index in [4.69, 9.17) is 10.5 Å². The molecule has 3 rings (SSSR count). The monoisotopic (exact) mass is 333 g/mol. The molecular formula is C17H23N3O4. The summed E-state index contributed by atoms with van der Waals surface area (Å²) in [6.07, 6.45) is 2.98. The van der Waals surface area contributed by atoms with Crippen molar-refractivity contribution in [3.8, 4) is 5.75 Å². The molecule has 2 aliphatic heterocycles. The number of hydrogen-bond acceptors (Lipinski definition) is 4. The molecule has 0 saturated carbocycles. The highest BCUT2D eigenvalue weighted by Gasteiger charge is 2.42. The largest absolute Gasteiger partial charge is 0.484 e. The van der Waals surface area contributed by atoms with Crippen molar-refractivity contribution in [1.82, 2.24) is 10.2 Å². The number of ether oxygens (including phenoxy) is 1. The highest BCUT2D eigenvalue weighted by molar-refractivity contribution is 5.76. The molecule has 7 heteroatoms. The second-order valence-electron chi connectivity index (χ2n) is 6.48. The number of hydrogen-bond donors (Lipinski definition) is 3. The lowest BCUT2D eigenvalue weighted by atomic mass is 10.0. The fourth-order valence-corrected chi connectivity index (χ4v) is 3.65. The van der Waals surface area contributed by atoms with Crippen LogP contribution in [0, 0.1) is 0 Å². The van der Waals surface area contributed by atoms with Gasteiger partial charge in [0.15, 0.2) is 6.61 Å². The smallest absolute Gasteiger partial charge is 0.318 e. The summed E-state index contributed by atoms with van der Waals surface area (Å²) in [7, 11) is 0. The van der Waals surface area contributed by atoms with Gasteiger partial charge < -0.3 is 25.8 Å². The summed E-state index contributed by atoms with van der Waals surface area (Å²) in [6.45, 7) is 0.209. The zero-order valence-electron chi connectivity index (χ0n) is 13.5. The standard InChI is InChI=1S/C17H23N3O4/c18-16(22)10-24-15-3-1-2-11(6-15)9-19-17(23)20-12-4-5-13(20)8-14(21)7-12/h1-3,6,12-14,21H,4-5,7-10H2,(H2,18,22)(H,19,23). The molecule has 0 radical (unpaired) electrons. The molecule has 4 N–H and O–H groups in total. The van der Waals surface area contributed by atoms with E-state index in [0.717, 1.165) is 18.4 Å². The number of primary amides is 1. The molecule has 7 nitrogen and oxygen atoms in total. The number of amides is 3. The Labute approximate surface area is 140 Å². The molecule has 1 aromatic carbocycles. The minimum atomic E-state index is -0.531. The lowest BCUT2D eigenvalue weighted by Crippen LogP contribution is -2.51. The van der Waals surface area contributed by atoms with Crippen LogP contribution in [0.2, 0.25) is 0 Å². The number of benzene rings is 1. The summed E-state index contributed by atoms with van der Waals surface area (Å²) >= 11 is 0. The van der Waals surface area contributed by atoms with Gasteiger partial charge in [-0.25, -0.2) is 4.79 Å². The van der Waals surface area contributed by atoms with Gasteiger partial charge in [0, 0.05) is 18.6 Å². The predicted octanol–water partition coefficient (Wildman–Crippen LogP) is 0.748. The third kappa shape index (κ3) is 3.79. The van der Waals surface area contributed by atoms with Gasteiger partial charge in [-0.05, 0) is 43.4 Å². The SMILES string of the molecule is NC(=O)COc1cccc(CNC(=O)N2C3CCC2CC(O)C3)c1. The van der Waals surface area contributed by atoms with E-state index in [1.807, 2.05) is 11.0 Å². The highest BCUT2D eigenvalue weighted by atomic mass is 16.5. The van der Waals surface area contributed by atoms with E-state index in [1.165, 1.54) is 0 Å². The second kappa shape index (κ2) is 7.09. The van der Waals surface area contributed by atoms with Crippen molar-refractivity contribution in [3.63, 3.8) is 0 Å². The maximum absolute atomic E-state index is 12.5. The molecule has 1 aromatic rings. The Morgan fingerprint density at radius 3 is 2.67 bits per heavy atom. The molecule has 2 fully saturated rings. The fourth-order valence-electron chi connectivity index (χ4n) is 3.65. The maximum Gasteiger partial charge on any atom is 0.318 e. The summed E-state index contributed by atoms with van der Waals surface area (Å²) in [4.78, 5) is 25.1. The zero-order valence-corrected chi connectivity index (χ0v) is 13.5. The first kappa shape index (κ1) is 16.6. The van der Waals surface area contributed by atoms with Crippen LogP contribution in [0.15, 0.2) is 24.3 Å². The highest BCUT2D eigenvalue weighted by Crippen LogP contribution is 2.35. The molecule has 2 bridgehead atoms. The van der Waals surface area contributed by atoms with Crippen LogP contribution in [0.25, 0.3) is 0 Å². The van der Waals surface area contributed by atoms with Gasteiger partial charge in [0.25, 0.3) is 5.91 Å². The van der Waals surface area contributed by atoms with Crippen LogP contribution in [0.1, 0.15) is 31.2 Å². The number of rotatable bonds is 5. The predicted molar refractivity (Wildman–Crippen MR) is 87.3 cm³/mol. The Kier molecular flexibility index (Phi) is 4.89. The van der Waals surface area contributed by atoms with Crippen molar-refractivity contribution in [1.29, 1.82) is 0 Å². The number of fused-ring (bicyclic) bond motifs is 2. The Bertz CT molecular complexity index is 608. The van der Waals surface area contributed by atoms with Gasteiger partial charge in [-0.1, -0.05) is 12.1 Å². The number of piperidine rings is 1. The lowest BCUT2D eigenvalue weighted by molar-refractivity contribution is -0.119. The summed E-state index contributed by atoms with van der Waals surface area (Å²) < 4.78 is 5.26. The normalized spacial score (nSPS) is 25.4. The quantitative estimate of drug-likeness (QED) is 0.739. The molecule has 3 amide bonds. The molecule has 2 saturated heterocycles. The number of aliphatic hydroxyl groups is 1. The van der Waals surface area contributed by atoms with Crippen molar-refractivity contribution in [3.05, 3.63) is 29.8 Å². The number of urea groups is 1. The van der Waals surface area contributed by atoms with E-state index < -0.39 is 5.91 Å². The third-order valence-electron chi connectivity index (χ3n) is 4.67. The summed E-state index contributed by atoms with van der Waals surface area (Å²) in [5, 5.41) is 12.7. The number of aliphatic hydroxyl groups excluding tert-OH is 1. The van der Waals surface area contributed by atoms with E-state index in [9.17, 15) is 14.7 Å². The van der Waals surface area contributed by atoms with Crippen LogP contribution in [0.5, 0.6) is 5.75 Å². The van der Waals surface area contributed by atoms with Gasteiger partial charge in [-0.15, -0.1) is 0 Å². The van der Waals surface area contributed by atoms with Gasteiger partial charge in [-0.2, -0.15) is 0 Å². The third-order valence-corrected chi connectivity index (χ3v) is 4.67. The molecule has 2 aliphatic rings. The van der Waals surface area contributed by atoms with Gasteiger partial charge in [-0.3, -0.25) is 4.79 Å². The van der Waals surface area contributed by atoms with Crippen LogP contribution in [0.3, 0.4) is 0 Å². The van der Waals surface area contributed by atoms with Crippen molar-refractivity contribution >= 4 is 11.9 Å². The van der Waals surface area contributed by atoms with Crippen molar-refractivity contribution in [2.45, 2.75) is 50.4 Å². The van der Waals surface area contributed by atoms with Gasteiger partial charge in [0.2, 0.25) is 0 Å². The van der Waals surface area contributed by atoms with Crippen LogP contribution in [-0.4, -0.2) is 46.7 Å². The van der Waals surface area contributed by atoms with Gasteiger partial charge >= 0.3 is 6.03 Å². The Morgan fingerprint density at radius 1 is 1.29 bits per heavy atom. The molecule has 2 atom stereocenters. The van der Waals surface area contributed by atoms with Gasteiger partial charge in [0.1, 0.15) is 5.75 Å². The summed E-state index contributed by atoms with van der Waals surface area (Å²) in [5.41, 5.74) is 5.94. The Hall–Kier alpha value is -2.28. The molecule has 0 spiro atoms. The topological polar surface area (TPSA) is 105 Å². The van der Waals surface area contributed by atoms with E-state index in [2.05, 4.69) is 5.32 Å². The molecular weight excluding hydrogens is 310 g/mol. The number of carbonyl (C=O) groups excluding carboxylic acids is 2. The average Bonchev–Trinajstić information content (AvgIpc) is 2.83. The number of nitrogens with one attached hydrogen (secondary N) is 1. The zero-order chi connectivity index (χ0) is 17.1. The van der Waals surface area contributed by atoms with Crippen LogP contribution < -0.4 is 15.8 Å². The number of nitrogens with zero attached hydrogens (tertiary/aromatic N) is 1. The Balaban J connectivity index is 1.55. The fraction of sp³-hybridized carbons (Fsp3) is 0.529. The maximum atomic E-state index is 12.5. The first-order chi connectivity index (χ1) is 11.5. The lowest BCUT2D eigenvalue weighted by Gasteiger charge is -2.37. The van der Waals surface area contributed by atoms with Crippen LogP contribution in [0.4, 0.5) is 4.79 Å². The van der Waals surface area contributed by atoms with Crippen molar-refractivity contribution in [2.75, 3.05) is 6.61 Å². The summed E-state index contributed by atoms with van der Waals surface area (Å²) in [6, 6.07) is 7.40. The van der Waals surface area contributed by atoms with E-state index in [-0.39, 0.29) is 30.8 Å². The first-order valence-corrected chi connectivity index (χ1v) is 8.27. The van der Waals surface area contributed by atoms with Gasteiger partial charge in [0.05, 0.1) is 6.10 Å². The van der Waals surface area contributed by atoms with E-state index in [0.29, 0.717) is 25.1 Å². The van der Waals surface area contributed by atoms with Crippen LogP contribution in [-0.2, 0) is 11.3 Å². The molecule has 2 heterocycles. The minimum Gasteiger partial charge on any atom is -0.484 e. The number of carbonyl (C=O) groups is 2. The molecule has 2 unspecified atom stereocenters. The summed E-state index contributed by atoms with van der Waals surface area (Å²) in [5.74, 6) is 0.0122. The molecule has 24 heavy (non-hydrogen) atoms. The van der Waals surface area contributed by atoms with E-state index >= 15 is 0 Å². The van der Waals surface area contributed by atoms with Crippen LogP contribution >= 0.6 is 0 Å². The Morgan fingerprint density at radius 2 is 2.00 bits per heavy atom. The first-order valence-electron chi connectivity index (χ1n) is 8.27. The van der Waals surface area contributed by atoms with Crippen molar-refractivity contribution in [2.24, 2.45) is 5.73 Å².